The quantitative estimate of drug-likeness (QED) is 0.484. The maximum absolute atomic E-state index is 10.6. The first-order valence-electron chi connectivity index (χ1n) is 3.15. The number of rotatable bonds is 3. The topological polar surface area (TPSA) is 17.1 Å². The van der Waals surface area contributed by atoms with E-state index in [2.05, 4.69) is 33.0 Å². The Kier molecular flexibility index (Phi) is 14.6. The summed E-state index contributed by atoms with van der Waals surface area (Å²) in [6.45, 7) is 5.85. The third-order valence-electron chi connectivity index (χ3n) is 1.08. The third-order valence-corrected chi connectivity index (χ3v) is 2.08. The standard InChI is InChI=1S/C7H13O.2ClH.Pd/c1-6(2)4-5-7(3)8;;;/h5-6H,4H2,1-3H3;2*1H;/q;;;+2/p-2. The summed E-state index contributed by atoms with van der Waals surface area (Å²) in [5, 5.41) is 0. The fourth-order valence-corrected chi connectivity index (χ4v) is 1.28. The Morgan fingerprint density at radius 2 is 1.73 bits per heavy atom. The first-order valence-corrected chi connectivity index (χ1v) is 4.04. The molecule has 0 aliphatic carbocycles. The fourth-order valence-electron chi connectivity index (χ4n) is 0.551. The molecule has 0 heterocycles. The van der Waals surface area contributed by atoms with Crippen LogP contribution >= 0.6 is 0 Å². The van der Waals surface area contributed by atoms with E-state index in [1.54, 1.807) is 6.92 Å². The van der Waals surface area contributed by atoms with Crippen LogP contribution in [-0.4, -0.2) is 5.78 Å². The van der Waals surface area contributed by atoms with Gasteiger partial charge < -0.3 is 24.8 Å². The molecule has 11 heavy (non-hydrogen) atoms. The van der Waals surface area contributed by atoms with Crippen LogP contribution in [0.15, 0.2) is 0 Å². The average Bonchev–Trinajstić information content (AvgIpc) is 1.63. The van der Waals surface area contributed by atoms with Crippen molar-refractivity contribution in [3.05, 3.63) is 0 Å². The van der Waals surface area contributed by atoms with Crippen LogP contribution < -0.4 is 24.8 Å². The summed E-state index contributed by atoms with van der Waals surface area (Å²) in [4.78, 5) is 10.6. The minimum Gasteiger partial charge on any atom is -1.00 e. The number of ketones is 1. The van der Waals surface area contributed by atoms with Gasteiger partial charge in [0.2, 0.25) is 0 Å². The number of hydrogen-bond acceptors (Lipinski definition) is 1. The predicted molar refractivity (Wildman–Crippen MR) is 33.9 cm³/mol. The van der Waals surface area contributed by atoms with Crippen LogP contribution in [0.5, 0.6) is 0 Å². The van der Waals surface area contributed by atoms with Crippen LogP contribution in [0.4, 0.5) is 0 Å². The number of Topliss-reactive ketones (excluding diaryl/α,β-unsaturated/α-hetero) is 1. The van der Waals surface area contributed by atoms with Gasteiger partial charge in [-0.15, -0.1) is 0 Å². The zero-order valence-electron chi connectivity index (χ0n) is 6.84. The molecule has 0 saturated carbocycles. The molecule has 71 valence electrons. The molecule has 1 atom stereocenters. The average molecular weight is 291 g/mol. The van der Waals surface area contributed by atoms with Gasteiger partial charge in [-0.05, 0) is 0 Å². The molecule has 0 aromatic carbocycles. The van der Waals surface area contributed by atoms with Crippen LogP contribution in [0.1, 0.15) is 27.2 Å². The summed E-state index contributed by atoms with van der Waals surface area (Å²) in [6, 6.07) is 0. The molecule has 0 fully saturated rings. The molecule has 0 radical (unpaired) electrons. The van der Waals surface area contributed by atoms with Gasteiger partial charge in [0.25, 0.3) is 0 Å². The predicted octanol–water partition coefficient (Wildman–Crippen LogP) is -4.04. The van der Waals surface area contributed by atoms with Gasteiger partial charge in [0.05, 0.1) is 0 Å². The second kappa shape index (κ2) is 9.00. The van der Waals surface area contributed by atoms with Crippen LogP contribution in [0.25, 0.3) is 0 Å². The van der Waals surface area contributed by atoms with Crippen LogP contribution in [-0.2, 0) is 24.0 Å². The van der Waals surface area contributed by atoms with Crippen molar-refractivity contribution < 1.29 is 48.8 Å². The maximum atomic E-state index is 10.6. The molecule has 1 nitrogen and oxygen atoms in total. The van der Waals surface area contributed by atoms with Gasteiger partial charge in [-0.25, -0.2) is 0 Å². The second-order valence-electron chi connectivity index (χ2n) is 2.66. The minimum atomic E-state index is 0. The van der Waals surface area contributed by atoms with E-state index in [1.165, 1.54) is 0 Å². The Hall–Kier alpha value is 0.912. The van der Waals surface area contributed by atoms with Gasteiger partial charge in [-0.2, -0.15) is 0 Å². The molecule has 0 aromatic heterocycles. The van der Waals surface area contributed by atoms with Crippen molar-refractivity contribution in [1.29, 1.82) is 0 Å². The summed E-state index contributed by atoms with van der Waals surface area (Å²) in [5.74, 6) is 0.847. The number of carbonyl (C=O) groups excluding carboxylic acids is 1. The Balaban J connectivity index is -0.000000320. The Morgan fingerprint density at radius 3 is 1.82 bits per heavy atom. The molecular formula is C7H13Cl2OPd. The molecule has 4 heteroatoms. The Morgan fingerprint density at radius 1 is 1.36 bits per heavy atom. The Labute approximate surface area is 91.9 Å². The first-order chi connectivity index (χ1) is 4.04. The van der Waals surface area contributed by atoms with Crippen molar-refractivity contribution in [2.45, 2.75) is 31.6 Å². The van der Waals surface area contributed by atoms with E-state index < -0.39 is 0 Å². The molecule has 0 saturated heterocycles. The first kappa shape index (κ1) is 17.9. The van der Waals surface area contributed by atoms with Crippen molar-refractivity contribution in [3.63, 3.8) is 0 Å². The minimum absolute atomic E-state index is 0. The second-order valence-corrected chi connectivity index (χ2v) is 3.75. The van der Waals surface area contributed by atoms with E-state index in [4.69, 9.17) is 0 Å². The molecule has 1 unspecified atom stereocenters. The van der Waals surface area contributed by atoms with Gasteiger partial charge in [0.15, 0.2) is 0 Å². The fraction of sp³-hybridized carbons (Fsp3) is 0.857. The van der Waals surface area contributed by atoms with E-state index in [1.807, 2.05) is 0 Å². The van der Waals surface area contributed by atoms with Crippen LogP contribution in [0.3, 0.4) is 0 Å². The van der Waals surface area contributed by atoms with Gasteiger partial charge in [-0.1, -0.05) is 0 Å². The van der Waals surface area contributed by atoms with Gasteiger partial charge in [0, 0.05) is 0 Å². The summed E-state index contributed by atoms with van der Waals surface area (Å²) in [6.07, 6.45) is 0.956. The molecule has 0 spiro atoms. The zero-order chi connectivity index (χ0) is 7.44. The Bertz CT molecular complexity index is 107. The van der Waals surface area contributed by atoms with E-state index in [-0.39, 0.29) is 35.0 Å². The molecule has 0 rings (SSSR count). The third kappa shape index (κ3) is 10.9. The number of carbonyl (C=O) groups is 1. The maximum Gasteiger partial charge on any atom is -1.00 e. The van der Waals surface area contributed by atoms with E-state index >= 15 is 0 Å². The smallest absolute Gasteiger partial charge is 1.00 e. The van der Waals surface area contributed by atoms with Crippen molar-refractivity contribution in [2.24, 2.45) is 5.92 Å². The normalized spacial score (nSPS) is 11.4. The monoisotopic (exact) mass is 289 g/mol. The molecule has 0 amide bonds. The SMILES string of the molecule is CC(=O)[CH]([Pd+2])CC(C)C.[Cl-].[Cl-]. The molecule has 0 N–H and O–H groups in total. The van der Waals surface area contributed by atoms with Gasteiger partial charge in [0.1, 0.15) is 0 Å². The van der Waals surface area contributed by atoms with Gasteiger partial charge in [-0.3, -0.25) is 0 Å². The summed E-state index contributed by atoms with van der Waals surface area (Å²) in [5.41, 5.74) is 0. The largest absolute Gasteiger partial charge is 1.00 e. The van der Waals surface area contributed by atoms with E-state index in [9.17, 15) is 4.79 Å². The van der Waals surface area contributed by atoms with E-state index in [0.717, 1.165) is 6.42 Å². The van der Waals surface area contributed by atoms with Crippen molar-refractivity contribution in [2.75, 3.05) is 0 Å². The summed E-state index contributed by atoms with van der Waals surface area (Å²) >= 11 is 3.03. The van der Waals surface area contributed by atoms with E-state index in [0.29, 0.717) is 5.92 Å². The molecule has 0 aliphatic rings. The van der Waals surface area contributed by atoms with Gasteiger partial charge >= 0.3 is 67.3 Å². The number of hydrogen-bond donors (Lipinski definition) is 0. The van der Waals surface area contributed by atoms with Crippen LogP contribution in [0, 0.1) is 5.92 Å². The van der Waals surface area contributed by atoms with Crippen molar-refractivity contribution in [3.8, 4) is 0 Å². The molecular weight excluding hydrogens is 277 g/mol. The molecule has 0 aromatic rings. The number of halogens is 2. The van der Waals surface area contributed by atoms with Crippen LogP contribution in [0.2, 0.25) is 4.39 Å². The van der Waals surface area contributed by atoms with Crippen molar-refractivity contribution >= 4 is 5.78 Å². The summed E-state index contributed by atoms with van der Waals surface area (Å²) in [7, 11) is 0. The molecule has 0 bridgehead atoms. The molecule has 0 aliphatic heterocycles. The van der Waals surface area contributed by atoms with Crippen molar-refractivity contribution in [1.82, 2.24) is 0 Å². The zero-order valence-corrected chi connectivity index (χ0v) is 9.91. The summed E-state index contributed by atoms with van der Waals surface area (Å²) < 4.78 is 0.105.